The maximum Gasteiger partial charge on any atom is 0.119 e. The van der Waals surface area contributed by atoms with Gasteiger partial charge in [-0.05, 0) is 35.4 Å². The Morgan fingerprint density at radius 3 is 2.75 bits per heavy atom. The number of phenols is 1. The van der Waals surface area contributed by atoms with Gasteiger partial charge in [-0.1, -0.05) is 26.0 Å². The lowest BCUT2D eigenvalue weighted by Crippen LogP contribution is -2.11. The van der Waals surface area contributed by atoms with Crippen molar-refractivity contribution in [1.29, 1.82) is 0 Å². The summed E-state index contributed by atoms with van der Waals surface area (Å²) in [6, 6.07) is 5.84. The van der Waals surface area contributed by atoms with Crippen LogP contribution in [0.1, 0.15) is 31.4 Å². The third-order valence-corrected chi connectivity index (χ3v) is 2.88. The van der Waals surface area contributed by atoms with E-state index in [-0.39, 0.29) is 5.41 Å². The Morgan fingerprint density at radius 1 is 1.33 bits per heavy atom. The van der Waals surface area contributed by atoms with Crippen molar-refractivity contribution in [3.63, 3.8) is 0 Å². The average molecular weight is 162 g/mol. The van der Waals surface area contributed by atoms with Crippen LogP contribution in [0.25, 0.3) is 0 Å². The highest BCUT2D eigenvalue weighted by atomic mass is 16.3. The Hall–Kier alpha value is -0.980. The molecular formula is C11H14O. The van der Waals surface area contributed by atoms with Crippen molar-refractivity contribution < 1.29 is 5.11 Å². The fourth-order valence-electron chi connectivity index (χ4n) is 2.04. The van der Waals surface area contributed by atoms with Crippen LogP contribution in [0.2, 0.25) is 0 Å². The highest BCUT2D eigenvalue weighted by Crippen LogP contribution is 2.41. The first-order valence-electron chi connectivity index (χ1n) is 4.42. The highest BCUT2D eigenvalue weighted by molar-refractivity contribution is 5.46. The van der Waals surface area contributed by atoms with Gasteiger partial charge in [0.2, 0.25) is 0 Å². The van der Waals surface area contributed by atoms with Gasteiger partial charge in [0.25, 0.3) is 0 Å². The van der Waals surface area contributed by atoms with E-state index in [9.17, 15) is 5.11 Å². The zero-order valence-corrected chi connectivity index (χ0v) is 7.59. The minimum absolute atomic E-state index is 0.258. The molecule has 0 aromatic heterocycles. The van der Waals surface area contributed by atoms with Gasteiger partial charge in [-0.15, -0.1) is 0 Å². The summed E-state index contributed by atoms with van der Waals surface area (Å²) >= 11 is 0. The molecule has 1 aromatic carbocycles. The molecule has 1 N–H and O–H groups in total. The van der Waals surface area contributed by atoms with Crippen molar-refractivity contribution in [3.05, 3.63) is 29.3 Å². The van der Waals surface area contributed by atoms with Gasteiger partial charge in [-0.2, -0.15) is 0 Å². The largest absolute Gasteiger partial charge is 0.508 e. The van der Waals surface area contributed by atoms with Gasteiger partial charge in [0, 0.05) is 0 Å². The second kappa shape index (κ2) is 2.25. The van der Waals surface area contributed by atoms with E-state index in [1.54, 1.807) is 6.07 Å². The zero-order chi connectivity index (χ0) is 8.77. The summed E-state index contributed by atoms with van der Waals surface area (Å²) in [5.41, 5.74) is 2.73. The molecule has 0 aliphatic heterocycles. The molecule has 0 saturated carbocycles. The van der Waals surface area contributed by atoms with E-state index in [0.717, 1.165) is 18.4 Å². The minimum atomic E-state index is 0.258. The second-order valence-electron chi connectivity index (χ2n) is 4.19. The Labute approximate surface area is 73.0 Å². The Bertz CT molecular complexity index is 313. The Kier molecular flexibility index (Phi) is 1.44. The van der Waals surface area contributed by atoms with Gasteiger partial charge in [0.15, 0.2) is 0 Å². The van der Waals surface area contributed by atoms with Gasteiger partial charge in [0.1, 0.15) is 5.75 Å². The van der Waals surface area contributed by atoms with Crippen LogP contribution in [0.3, 0.4) is 0 Å². The first-order valence-corrected chi connectivity index (χ1v) is 4.42. The van der Waals surface area contributed by atoms with Crippen LogP contribution in [0.5, 0.6) is 5.75 Å². The van der Waals surface area contributed by atoms with E-state index < -0.39 is 0 Å². The van der Waals surface area contributed by atoms with Crippen molar-refractivity contribution >= 4 is 0 Å². The van der Waals surface area contributed by atoms with Crippen molar-refractivity contribution in [2.75, 3.05) is 0 Å². The van der Waals surface area contributed by atoms with Gasteiger partial charge in [-0.3, -0.25) is 0 Å². The van der Waals surface area contributed by atoms with Crippen LogP contribution >= 0.6 is 0 Å². The van der Waals surface area contributed by atoms with E-state index in [0.29, 0.717) is 5.75 Å². The van der Waals surface area contributed by atoms with Crippen LogP contribution in [0, 0.1) is 0 Å². The number of aromatic hydroxyl groups is 1. The third-order valence-electron chi connectivity index (χ3n) is 2.88. The Balaban J connectivity index is 2.61. The molecule has 0 bridgehead atoms. The van der Waals surface area contributed by atoms with Crippen molar-refractivity contribution in [1.82, 2.24) is 0 Å². The quantitative estimate of drug-likeness (QED) is 0.621. The van der Waals surface area contributed by atoms with Gasteiger partial charge in [0.05, 0.1) is 0 Å². The molecule has 0 saturated heterocycles. The first-order chi connectivity index (χ1) is 5.61. The molecule has 0 spiro atoms. The smallest absolute Gasteiger partial charge is 0.119 e. The standard InChI is InChI=1S/C11H14O/c1-11(2)7-6-8-9(11)4-3-5-10(8)12/h3-5,12H,6-7H2,1-2H3. The van der Waals surface area contributed by atoms with E-state index in [1.165, 1.54) is 5.56 Å². The number of benzene rings is 1. The van der Waals surface area contributed by atoms with Gasteiger partial charge < -0.3 is 5.11 Å². The van der Waals surface area contributed by atoms with E-state index in [4.69, 9.17) is 0 Å². The number of phenolic OH excluding ortho intramolecular Hbond substituents is 1. The van der Waals surface area contributed by atoms with Crippen LogP contribution in [-0.2, 0) is 11.8 Å². The molecule has 12 heavy (non-hydrogen) atoms. The third kappa shape index (κ3) is 0.927. The fraction of sp³-hybridized carbons (Fsp3) is 0.455. The molecule has 2 rings (SSSR count). The second-order valence-corrected chi connectivity index (χ2v) is 4.19. The number of fused-ring (bicyclic) bond motifs is 1. The molecule has 0 unspecified atom stereocenters. The van der Waals surface area contributed by atoms with E-state index >= 15 is 0 Å². The summed E-state index contributed by atoms with van der Waals surface area (Å²) in [6.07, 6.45) is 2.18. The molecule has 1 aliphatic carbocycles. The number of hydrogen-bond donors (Lipinski definition) is 1. The number of hydrogen-bond acceptors (Lipinski definition) is 1. The van der Waals surface area contributed by atoms with Crippen LogP contribution < -0.4 is 0 Å². The molecule has 1 nitrogen and oxygen atoms in total. The maximum atomic E-state index is 9.56. The lowest BCUT2D eigenvalue weighted by Gasteiger charge is -2.18. The summed E-state index contributed by atoms with van der Waals surface area (Å²) in [7, 11) is 0. The van der Waals surface area contributed by atoms with Gasteiger partial charge in [-0.25, -0.2) is 0 Å². The highest BCUT2D eigenvalue weighted by Gasteiger charge is 2.30. The van der Waals surface area contributed by atoms with Gasteiger partial charge >= 0.3 is 0 Å². The lowest BCUT2D eigenvalue weighted by atomic mass is 9.87. The summed E-state index contributed by atoms with van der Waals surface area (Å²) in [5.74, 6) is 0.470. The molecular weight excluding hydrogens is 148 g/mol. The lowest BCUT2D eigenvalue weighted by molar-refractivity contribution is 0.469. The maximum absolute atomic E-state index is 9.56. The molecule has 1 heteroatoms. The molecule has 1 aromatic rings. The van der Waals surface area contributed by atoms with Crippen LogP contribution in [0.4, 0.5) is 0 Å². The predicted octanol–water partition coefficient (Wildman–Crippen LogP) is 2.62. The summed E-state index contributed by atoms with van der Waals surface area (Å²) < 4.78 is 0. The molecule has 0 heterocycles. The Morgan fingerprint density at radius 2 is 2.08 bits per heavy atom. The minimum Gasteiger partial charge on any atom is -0.508 e. The van der Waals surface area contributed by atoms with Crippen molar-refractivity contribution in [2.24, 2.45) is 0 Å². The number of rotatable bonds is 0. The predicted molar refractivity (Wildman–Crippen MR) is 49.5 cm³/mol. The van der Waals surface area contributed by atoms with Crippen molar-refractivity contribution in [3.8, 4) is 5.75 Å². The molecule has 64 valence electrons. The van der Waals surface area contributed by atoms with Crippen LogP contribution in [-0.4, -0.2) is 5.11 Å². The van der Waals surface area contributed by atoms with E-state index in [1.807, 2.05) is 6.07 Å². The molecule has 0 radical (unpaired) electrons. The monoisotopic (exact) mass is 162 g/mol. The average Bonchev–Trinajstić information content (AvgIpc) is 2.30. The molecule has 0 fully saturated rings. The summed E-state index contributed by atoms with van der Waals surface area (Å²) in [5, 5.41) is 9.56. The molecule has 1 aliphatic rings. The summed E-state index contributed by atoms with van der Waals surface area (Å²) in [6.45, 7) is 4.47. The summed E-state index contributed by atoms with van der Waals surface area (Å²) in [4.78, 5) is 0. The molecule has 0 atom stereocenters. The normalized spacial score (nSPS) is 19.2. The van der Waals surface area contributed by atoms with Crippen molar-refractivity contribution in [2.45, 2.75) is 32.1 Å². The zero-order valence-electron chi connectivity index (χ0n) is 7.59. The fourth-order valence-corrected chi connectivity index (χ4v) is 2.04. The topological polar surface area (TPSA) is 20.2 Å². The van der Waals surface area contributed by atoms with E-state index in [2.05, 4.69) is 19.9 Å². The van der Waals surface area contributed by atoms with Crippen LogP contribution in [0.15, 0.2) is 18.2 Å². The first kappa shape index (κ1) is 7.66. The SMILES string of the molecule is CC1(C)CCc2c(O)cccc21. The molecule has 0 amide bonds.